The number of carbonyl (C=O) groups excluding carboxylic acids is 3. The first kappa shape index (κ1) is 25.9. The average molecular weight is 455 g/mol. The lowest BCUT2D eigenvalue weighted by atomic mass is 9.96. The molecule has 0 aromatic heterocycles. The van der Waals surface area contributed by atoms with E-state index < -0.39 is 0 Å². The molecule has 0 aliphatic rings. The zero-order valence-electron chi connectivity index (χ0n) is 20.0. The Hall–Kier alpha value is -3.39. The third-order valence-corrected chi connectivity index (χ3v) is 5.13. The molecule has 2 aromatic rings. The van der Waals surface area contributed by atoms with E-state index in [-0.39, 0.29) is 42.8 Å². The fourth-order valence-electron chi connectivity index (χ4n) is 3.39. The van der Waals surface area contributed by atoms with Crippen LogP contribution in [0.25, 0.3) is 0 Å². The minimum atomic E-state index is -0.215. The summed E-state index contributed by atoms with van der Waals surface area (Å²) in [4.78, 5) is 38.1. The minimum absolute atomic E-state index is 0.0895. The maximum Gasteiger partial charge on any atom is 0.238 e. The van der Waals surface area contributed by atoms with E-state index >= 15 is 0 Å². The van der Waals surface area contributed by atoms with E-state index in [1.165, 1.54) is 6.92 Å². The van der Waals surface area contributed by atoms with E-state index in [0.29, 0.717) is 17.9 Å². The standard InChI is InChI=1S/C25H34N4O4/c1-6-29(15-23(31)27-21-11-9-20(10-12-21)26-18(4)30)16-24(32)28-25(17(2)3)19-7-13-22(33-5)14-8-19/h7-14,17,25H,6,15-16H2,1-5H3,(H,26,30)(H,27,31)(H,28,32). The third-order valence-electron chi connectivity index (χ3n) is 5.13. The molecule has 0 aliphatic carbocycles. The smallest absolute Gasteiger partial charge is 0.238 e. The molecule has 8 heteroatoms. The number of hydrogen-bond donors (Lipinski definition) is 3. The third kappa shape index (κ3) is 8.57. The van der Waals surface area contributed by atoms with Gasteiger partial charge in [0.25, 0.3) is 0 Å². The Balaban J connectivity index is 1.91. The van der Waals surface area contributed by atoms with Crippen molar-refractivity contribution in [1.82, 2.24) is 10.2 Å². The SMILES string of the molecule is CCN(CC(=O)Nc1ccc(NC(C)=O)cc1)CC(=O)NC(c1ccc(OC)cc1)C(C)C. The molecule has 178 valence electrons. The number of rotatable bonds is 11. The van der Waals surface area contributed by atoms with Crippen LogP contribution in [0.3, 0.4) is 0 Å². The number of amides is 3. The summed E-state index contributed by atoms with van der Waals surface area (Å²) in [5, 5.41) is 8.59. The second-order valence-electron chi connectivity index (χ2n) is 8.17. The highest BCUT2D eigenvalue weighted by molar-refractivity contribution is 5.93. The van der Waals surface area contributed by atoms with Crippen molar-refractivity contribution in [1.29, 1.82) is 0 Å². The van der Waals surface area contributed by atoms with Gasteiger partial charge in [0, 0.05) is 18.3 Å². The molecule has 2 rings (SSSR count). The summed E-state index contributed by atoms with van der Waals surface area (Å²) in [5.41, 5.74) is 2.28. The second kappa shape index (κ2) is 12.6. The molecule has 1 atom stereocenters. The number of anilines is 2. The van der Waals surface area contributed by atoms with Crippen LogP contribution in [0.2, 0.25) is 0 Å². The first-order valence-corrected chi connectivity index (χ1v) is 11.0. The molecule has 2 aromatic carbocycles. The summed E-state index contributed by atoms with van der Waals surface area (Å²) in [6.45, 7) is 8.21. The molecule has 3 N–H and O–H groups in total. The molecule has 3 amide bonds. The van der Waals surface area contributed by atoms with Crippen molar-refractivity contribution >= 4 is 29.1 Å². The molecule has 33 heavy (non-hydrogen) atoms. The Labute approximate surface area is 195 Å². The summed E-state index contributed by atoms with van der Waals surface area (Å²) in [6.07, 6.45) is 0. The highest BCUT2D eigenvalue weighted by Gasteiger charge is 2.20. The Kier molecular flexibility index (Phi) is 9.87. The number of ether oxygens (including phenoxy) is 1. The molecule has 0 aliphatic heterocycles. The van der Waals surface area contributed by atoms with Crippen molar-refractivity contribution in [3.05, 3.63) is 54.1 Å². The van der Waals surface area contributed by atoms with Gasteiger partial charge >= 0.3 is 0 Å². The highest BCUT2D eigenvalue weighted by Crippen LogP contribution is 2.24. The first-order valence-electron chi connectivity index (χ1n) is 11.0. The van der Waals surface area contributed by atoms with E-state index in [1.807, 2.05) is 31.2 Å². The molecule has 0 saturated heterocycles. The Morgan fingerprint density at radius 3 is 1.91 bits per heavy atom. The predicted octanol–water partition coefficient (Wildman–Crippen LogP) is 3.43. The molecule has 0 spiro atoms. The Morgan fingerprint density at radius 2 is 1.42 bits per heavy atom. The van der Waals surface area contributed by atoms with Crippen molar-refractivity contribution in [3.8, 4) is 5.75 Å². The molecule has 0 bridgehead atoms. The summed E-state index contributed by atoms with van der Waals surface area (Å²) in [7, 11) is 1.62. The van der Waals surface area contributed by atoms with Crippen molar-refractivity contribution < 1.29 is 19.1 Å². The lowest BCUT2D eigenvalue weighted by molar-refractivity contribution is -0.124. The number of nitrogens with one attached hydrogen (secondary N) is 3. The van der Waals surface area contributed by atoms with Crippen molar-refractivity contribution in [2.75, 3.05) is 37.4 Å². The molecule has 0 fully saturated rings. The maximum absolute atomic E-state index is 12.7. The number of methoxy groups -OCH3 is 1. The van der Waals surface area contributed by atoms with Crippen LogP contribution in [-0.2, 0) is 14.4 Å². The van der Waals surface area contributed by atoms with Gasteiger partial charge in [-0.3, -0.25) is 19.3 Å². The van der Waals surface area contributed by atoms with Gasteiger partial charge in [-0.2, -0.15) is 0 Å². The van der Waals surface area contributed by atoms with E-state index in [4.69, 9.17) is 4.74 Å². The Morgan fingerprint density at radius 1 is 0.879 bits per heavy atom. The van der Waals surface area contributed by atoms with Crippen molar-refractivity contribution in [2.24, 2.45) is 5.92 Å². The summed E-state index contributed by atoms with van der Waals surface area (Å²) in [6, 6.07) is 14.4. The monoisotopic (exact) mass is 454 g/mol. The van der Waals surface area contributed by atoms with Gasteiger partial charge in [-0.15, -0.1) is 0 Å². The van der Waals surface area contributed by atoms with Gasteiger partial charge in [0.2, 0.25) is 17.7 Å². The molecular weight excluding hydrogens is 420 g/mol. The fourth-order valence-corrected chi connectivity index (χ4v) is 3.39. The summed E-state index contributed by atoms with van der Waals surface area (Å²) < 4.78 is 5.21. The van der Waals surface area contributed by atoms with Crippen molar-refractivity contribution in [2.45, 2.75) is 33.7 Å². The number of benzene rings is 2. The van der Waals surface area contributed by atoms with E-state index in [1.54, 1.807) is 36.3 Å². The topological polar surface area (TPSA) is 99.8 Å². The number of hydrogen-bond acceptors (Lipinski definition) is 5. The van der Waals surface area contributed by atoms with Crippen LogP contribution in [0.5, 0.6) is 5.75 Å². The zero-order chi connectivity index (χ0) is 24.4. The molecule has 0 saturated carbocycles. The predicted molar refractivity (Wildman–Crippen MR) is 130 cm³/mol. The minimum Gasteiger partial charge on any atom is -0.497 e. The lowest BCUT2D eigenvalue weighted by Gasteiger charge is -2.25. The quantitative estimate of drug-likeness (QED) is 0.483. The van der Waals surface area contributed by atoms with Gasteiger partial charge in [0.05, 0.1) is 26.2 Å². The van der Waals surface area contributed by atoms with Gasteiger partial charge < -0.3 is 20.7 Å². The second-order valence-corrected chi connectivity index (χ2v) is 8.17. The summed E-state index contributed by atoms with van der Waals surface area (Å²) in [5.74, 6) is 0.448. The van der Waals surface area contributed by atoms with Gasteiger partial charge in [-0.1, -0.05) is 32.9 Å². The zero-order valence-corrected chi connectivity index (χ0v) is 20.0. The lowest BCUT2D eigenvalue weighted by Crippen LogP contribution is -2.42. The van der Waals surface area contributed by atoms with Crippen LogP contribution in [0.4, 0.5) is 11.4 Å². The molecule has 0 radical (unpaired) electrons. The molecule has 8 nitrogen and oxygen atoms in total. The average Bonchev–Trinajstić information content (AvgIpc) is 2.78. The first-order chi connectivity index (χ1) is 15.7. The van der Waals surface area contributed by atoms with Gasteiger partial charge in [0.15, 0.2) is 0 Å². The fraction of sp³-hybridized carbons (Fsp3) is 0.400. The number of nitrogens with zero attached hydrogens (tertiary/aromatic N) is 1. The van der Waals surface area contributed by atoms with Crippen LogP contribution < -0.4 is 20.7 Å². The van der Waals surface area contributed by atoms with E-state index in [2.05, 4.69) is 29.8 Å². The van der Waals surface area contributed by atoms with Crippen LogP contribution in [0.15, 0.2) is 48.5 Å². The summed E-state index contributed by atoms with van der Waals surface area (Å²) >= 11 is 0. The van der Waals surface area contributed by atoms with Gasteiger partial charge in [-0.25, -0.2) is 0 Å². The number of likely N-dealkylation sites (N-methyl/N-ethyl adjacent to an activating group) is 1. The van der Waals surface area contributed by atoms with E-state index in [9.17, 15) is 14.4 Å². The van der Waals surface area contributed by atoms with Crippen LogP contribution in [0, 0.1) is 5.92 Å². The van der Waals surface area contributed by atoms with Crippen LogP contribution in [0.1, 0.15) is 39.3 Å². The van der Waals surface area contributed by atoms with Crippen molar-refractivity contribution in [3.63, 3.8) is 0 Å². The molecular formula is C25H34N4O4. The van der Waals surface area contributed by atoms with Crippen LogP contribution in [-0.4, -0.2) is 49.4 Å². The van der Waals surface area contributed by atoms with Gasteiger partial charge in [0.1, 0.15) is 5.75 Å². The Bertz CT molecular complexity index is 926. The van der Waals surface area contributed by atoms with Crippen LogP contribution >= 0.6 is 0 Å². The maximum atomic E-state index is 12.7. The normalized spacial score (nSPS) is 11.7. The highest BCUT2D eigenvalue weighted by atomic mass is 16.5. The van der Waals surface area contributed by atoms with Gasteiger partial charge in [-0.05, 0) is 54.4 Å². The largest absolute Gasteiger partial charge is 0.497 e. The van der Waals surface area contributed by atoms with E-state index in [0.717, 1.165) is 11.3 Å². The number of carbonyl (C=O) groups is 3. The molecule has 0 heterocycles. The molecule has 1 unspecified atom stereocenters.